The van der Waals surface area contributed by atoms with Crippen LogP contribution in [0.15, 0.2) is 0 Å². The van der Waals surface area contributed by atoms with Crippen molar-refractivity contribution in [2.75, 3.05) is 6.61 Å². The molecule has 2 fully saturated rings. The summed E-state index contributed by atoms with van der Waals surface area (Å²) in [6.07, 6.45) is -21.0. The average Bonchev–Trinajstić information content (AvgIpc) is 2.68. The van der Waals surface area contributed by atoms with E-state index in [-0.39, 0.29) is 0 Å². The van der Waals surface area contributed by atoms with Crippen molar-refractivity contribution in [1.82, 2.24) is 4.72 Å². The molecule has 212 valence electrons. The van der Waals surface area contributed by atoms with Gasteiger partial charge in [-0.3, -0.25) is 13.7 Å². The summed E-state index contributed by atoms with van der Waals surface area (Å²) in [6, 6.07) is -2.23. The molecule has 2 heterocycles. The first-order valence-corrected chi connectivity index (χ1v) is 13.3. The van der Waals surface area contributed by atoms with E-state index in [0.717, 1.165) is 0 Å². The molecule has 0 aromatic carbocycles. The fourth-order valence-corrected chi connectivity index (χ4v) is 4.62. The van der Waals surface area contributed by atoms with E-state index < -0.39 is 105 Å². The number of carboxylic acid groups (broad SMARTS) is 1. The first kappa shape index (κ1) is 31.0. The van der Waals surface area contributed by atoms with Gasteiger partial charge in [0.25, 0.3) is 0 Å². The number of hydrogen-bond acceptors (Lipinski definition) is 16. The van der Waals surface area contributed by atoms with E-state index in [1.165, 1.54) is 4.72 Å². The molecule has 0 aromatic rings. The molecular weight excluding hydrogens is 574 g/mol. The third kappa shape index (κ3) is 8.41. The summed E-state index contributed by atoms with van der Waals surface area (Å²) in [7, 11) is -15.8. The molecule has 21 nitrogen and oxygen atoms in total. The molecule has 24 heteroatoms. The third-order valence-corrected chi connectivity index (χ3v) is 6.14. The number of carbonyl (C=O) groups is 1. The van der Waals surface area contributed by atoms with Gasteiger partial charge in [0.15, 0.2) is 24.8 Å². The molecule has 0 amide bonds. The zero-order valence-corrected chi connectivity index (χ0v) is 19.6. The van der Waals surface area contributed by atoms with Crippen molar-refractivity contribution in [3.8, 4) is 0 Å². The number of nitrogens with one attached hydrogen (secondary N) is 1. The minimum absolute atomic E-state index is 1.24. The van der Waals surface area contributed by atoms with Gasteiger partial charge in [-0.2, -0.15) is 30.0 Å². The van der Waals surface area contributed by atoms with Gasteiger partial charge >= 0.3 is 37.1 Å². The molecule has 0 bridgehead atoms. The highest BCUT2D eigenvalue weighted by Crippen LogP contribution is 2.31. The second-order valence-corrected chi connectivity index (χ2v) is 10.5. The Morgan fingerprint density at radius 2 is 1.42 bits per heavy atom. The van der Waals surface area contributed by atoms with Crippen LogP contribution in [0.4, 0.5) is 0 Å². The number of aliphatic carboxylic acids is 1. The number of aliphatic hydroxyl groups excluding tert-OH is 4. The van der Waals surface area contributed by atoms with Crippen molar-refractivity contribution in [3.05, 3.63) is 0 Å². The Morgan fingerprint density at radius 1 is 0.833 bits per heavy atom. The number of carboxylic acids is 1. The first-order valence-electron chi connectivity index (χ1n) is 9.14. The highest BCUT2D eigenvalue weighted by molar-refractivity contribution is 7.83. The third-order valence-electron chi connectivity index (χ3n) is 4.67. The van der Waals surface area contributed by atoms with E-state index in [2.05, 4.69) is 13.1 Å². The van der Waals surface area contributed by atoms with E-state index in [0.29, 0.717) is 0 Å². The lowest BCUT2D eigenvalue weighted by Gasteiger charge is -2.46. The highest BCUT2D eigenvalue weighted by Gasteiger charge is 2.54. The van der Waals surface area contributed by atoms with Crippen LogP contribution in [0.25, 0.3) is 0 Å². The van der Waals surface area contributed by atoms with Gasteiger partial charge in [0.1, 0.15) is 36.6 Å². The minimum Gasteiger partial charge on any atom is -0.479 e. The van der Waals surface area contributed by atoms with Crippen LogP contribution >= 0.6 is 0 Å². The summed E-state index contributed by atoms with van der Waals surface area (Å²) in [5.74, 6) is -1.97. The molecule has 0 aliphatic carbocycles. The van der Waals surface area contributed by atoms with Crippen molar-refractivity contribution in [3.63, 3.8) is 0 Å². The fourth-order valence-electron chi connectivity index (χ4n) is 3.23. The van der Waals surface area contributed by atoms with Crippen LogP contribution in [0.2, 0.25) is 0 Å². The van der Waals surface area contributed by atoms with Gasteiger partial charge in [-0.1, -0.05) is 0 Å². The fraction of sp³-hybridized carbons (Fsp3) is 0.917. The Morgan fingerprint density at radius 3 is 1.89 bits per heavy atom. The molecule has 0 saturated carbocycles. The van der Waals surface area contributed by atoms with E-state index in [4.69, 9.17) is 23.1 Å². The lowest BCUT2D eigenvalue weighted by Crippen LogP contribution is -2.68. The van der Waals surface area contributed by atoms with Gasteiger partial charge in [0, 0.05) is 0 Å². The van der Waals surface area contributed by atoms with E-state index in [9.17, 15) is 55.6 Å². The second kappa shape index (κ2) is 11.3. The minimum atomic E-state index is -5.39. The van der Waals surface area contributed by atoms with Crippen molar-refractivity contribution < 1.29 is 91.8 Å². The molecule has 0 aromatic heterocycles. The summed E-state index contributed by atoms with van der Waals surface area (Å²) >= 11 is 0. The molecule has 2 aliphatic heterocycles. The maximum absolute atomic E-state index is 11.6. The SMILES string of the molecule is O=C(O)[C@@H]1OC(O)[C@H](OS(=O)(=O)O)[C@@H](O)[C@@H]1O[C@H]1O[C@H](COS(=O)(=O)O)[C@@H](O)[C@H](O)[C@H]1NS(=O)(=O)O. The quantitative estimate of drug-likeness (QED) is 0.106. The smallest absolute Gasteiger partial charge is 0.397 e. The van der Waals surface area contributed by atoms with E-state index in [1.54, 1.807) is 0 Å². The van der Waals surface area contributed by atoms with Crippen LogP contribution in [-0.4, -0.2) is 138 Å². The molecule has 10 atom stereocenters. The Kier molecular flexibility index (Phi) is 9.71. The number of ether oxygens (including phenoxy) is 3. The number of rotatable bonds is 10. The maximum Gasteiger partial charge on any atom is 0.397 e. The topological polar surface area (TPSA) is 340 Å². The Hall–Kier alpha value is -1.20. The zero-order chi connectivity index (χ0) is 27.8. The van der Waals surface area contributed by atoms with Gasteiger partial charge in [-0.05, 0) is 0 Å². The summed E-state index contributed by atoms with van der Waals surface area (Å²) in [5, 5.41) is 49.9. The molecule has 0 spiro atoms. The Bertz CT molecular complexity index is 1100. The zero-order valence-electron chi connectivity index (χ0n) is 17.2. The van der Waals surface area contributed by atoms with Crippen LogP contribution in [0.3, 0.4) is 0 Å². The standard InChI is InChI=1S/C12H21NO20S3/c14-4-2(1-29-35(23,24)25)30-12(3(5(4)15)13-34(20,21)22)32-7-6(16)8(33-36(26,27)28)11(19)31-9(7)10(17)18/h2-9,11-16,19H,1H2,(H,17,18)(H,20,21,22)(H,23,24,25)(H,26,27,28)/t2-,3-,4-,5-,6+,7+,8-,9-,11?,12-/m1/s1. The van der Waals surface area contributed by atoms with E-state index in [1.807, 2.05) is 0 Å². The van der Waals surface area contributed by atoms with Gasteiger partial charge in [-0.15, -0.1) is 0 Å². The highest BCUT2D eigenvalue weighted by atomic mass is 32.3. The summed E-state index contributed by atoms with van der Waals surface area (Å²) < 4.78 is 117. The maximum atomic E-state index is 11.6. The normalized spacial score (nSPS) is 38.5. The van der Waals surface area contributed by atoms with Gasteiger partial charge < -0.3 is 39.7 Å². The van der Waals surface area contributed by atoms with Crippen molar-refractivity contribution in [2.24, 2.45) is 0 Å². The van der Waals surface area contributed by atoms with Crippen LogP contribution < -0.4 is 4.72 Å². The summed E-state index contributed by atoms with van der Waals surface area (Å²) in [4.78, 5) is 11.6. The second-order valence-electron chi connectivity index (χ2n) is 7.22. The van der Waals surface area contributed by atoms with Gasteiger partial charge in [0.2, 0.25) is 0 Å². The number of aliphatic hydroxyl groups is 4. The van der Waals surface area contributed by atoms with Crippen LogP contribution in [-0.2, 0) is 58.5 Å². The lowest BCUT2D eigenvalue weighted by atomic mass is 9.96. The van der Waals surface area contributed by atoms with Crippen molar-refractivity contribution in [2.45, 2.75) is 61.3 Å². The van der Waals surface area contributed by atoms with Crippen LogP contribution in [0.5, 0.6) is 0 Å². The predicted molar refractivity (Wildman–Crippen MR) is 102 cm³/mol. The molecule has 9 N–H and O–H groups in total. The molecule has 2 rings (SSSR count). The summed E-state index contributed by atoms with van der Waals surface area (Å²) in [5.41, 5.74) is 0. The monoisotopic (exact) mass is 595 g/mol. The van der Waals surface area contributed by atoms with Crippen LogP contribution in [0.1, 0.15) is 0 Å². The summed E-state index contributed by atoms with van der Waals surface area (Å²) in [6.45, 7) is -1.24. The molecule has 36 heavy (non-hydrogen) atoms. The molecule has 2 saturated heterocycles. The largest absolute Gasteiger partial charge is 0.479 e. The van der Waals surface area contributed by atoms with Crippen LogP contribution in [0, 0.1) is 0 Å². The Balaban J connectivity index is 2.43. The average molecular weight is 595 g/mol. The van der Waals surface area contributed by atoms with Crippen molar-refractivity contribution in [1.29, 1.82) is 0 Å². The van der Waals surface area contributed by atoms with Crippen molar-refractivity contribution >= 4 is 37.1 Å². The molecular formula is C12H21NO20S3. The first-order chi connectivity index (χ1) is 16.2. The number of hydrogen-bond donors (Lipinski definition) is 9. The molecule has 2 aliphatic rings. The van der Waals surface area contributed by atoms with E-state index >= 15 is 0 Å². The molecule has 1 unspecified atom stereocenters. The van der Waals surface area contributed by atoms with Gasteiger partial charge in [0.05, 0.1) is 6.61 Å². The predicted octanol–water partition coefficient (Wildman–Crippen LogP) is -6.25. The molecule has 0 radical (unpaired) electrons. The lowest BCUT2D eigenvalue weighted by molar-refractivity contribution is -0.331. The Labute approximate surface area is 201 Å². The van der Waals surface area contributed by atoms with Gasteiger partial charge in [-0.25, -0.2) is 13.2 Å².